The van der Waals surface area contributed by atoms with Gasteiger partial charge in [0.15, 0.2) is 0 Å². The van der Waals surface area contributed by atoms with Crippen molar-refractivity contribution in [3.05, 3.63) is 336 Å². The lowest BCUT2D eigenvalue weighted by Crippen LogP contribution is -2.31. The molecule has 0 saturated heterocycles. The Bertz CT molecular complexity index is 5720. The molecule has 4 heteroatoms. The molecule has 16 aromatic rings. The maximum Gasteiger partial charge on any atom is 0.0529 e. The summed E-state index contributed by atoms with van der Waals surface area (Å²) in [7, 11) is 8.80. The molecule has 100 heavy (non-hydrogen) atoms. The lowest BCUT2D eigenvalue weighted by atomic mass is 9.71. The second kappa shape index (κ2) is 23.2. The Labute approximate surface area is 588 Å². The lowest BCUT2D eigenvalue weighted by molar-refractivity contribution is 0.631. The highest BCUT2D eigenvalue weighted by Crippen LogP contribution is 2.57. The molecule has 0 bridgehead atoms. The first-order valence-corrected chi connectivity index (χ1v) is 35.5. The molecule has 4 aliphatic rings. The van der Waals surface area contributed by atoms with Gasteiger partial charge in [0, 0.05) is 94.4 Å². The Morgan fingerprint density at radius 1 is 0.180 bits per heavy atom. The van der Waals surface area contributed by atoms with Gasteiger partial charge in [-0.15, -0.1) is 0 Å². The third kappa shape index (κ3) is 9.61. The topological polar surface area (TPSA) is 13.0 Å². The molecule has 4 nitrogen and oxygen atoms in total. The van der Waals surface area contributed by atoms with Crippen LogP contribution in [0.5, 0.6) is 0 Å². The zero-order valence-electron chi connectivity index (χ0n) is 59.5. The van der Waals surface area contributed by atoms with Crippen molar-refractivity contribution >= 4 is 132 Å². The van der Waals surface area contributed by atoms with Gasteiger partial charge in [-0.25, -0.2) is 0 Å². The molecule has 20 rings (SSSR count). The molecule has 4 aliphatic heterocycles. The van der Waals surface area contributed by atoms with Crippen LogP contribution in [0.3, 0.4) is 0 Å². The van der Waals surface area contributed by atoms with Crippen LogP contribution in [-0.4, -0.2) is 28.2 Å². The van der Waals surface area contributed by atoms with Crippen molar-refractivity contribution in [1.29, 1.82) is 0 Å². The van der Waals surface area contributed by atoms with Gasteiger partial charge in [0.1, 0.15) is 0 Å². The Balaban J connectivity index is 0.0000000997. The molecule has 0 spiro atoms. The van der Waals surface area contributed by atoms with Gasteiger partial charge in [-0.05, 0) is 163 Å². The van der Waals surface area contributed by atoms with Crippen molar-refractivity contribution in [1.82, 2.24) is 0 Å². The lowest BCUT2D eigenvalue weighted by Gasteiger charge is -2.42. The average molecular weight is 1290 g/mol. The molecule has 0 atom stereocenters. The second-order valence-corrected chi connectivity index (χ2v) is 30.3. The van der Waals surface area contributed by atoms with Crippen LogP contribution in [0.4, 0.5) is 45.5 Å². The molecule has 0 fully saturated rings. The average Bonchev–Trinajstić information content (AvgIpc) is 0.732. The minimum atomic E-state index is -0.0396. The SMILES string of the molecule is CN1c2c(ccc3ccccc23)C(C)(C)c2ccc3ccccc3c21.CN1c2cc3ccccc3cc2C(C)(C)c2c1ccc1ccccc21.CN1c2cc3ccccc3cc2C(C)(C)c2cc3ccccc3cc21.CN1c2ccc3ccccc3c2C(C)(C)c2ccc3ccccc3c21. The van der Waals surface area contributed by atoms with Gasteiger partial charge in [0.05, 0.1) is 17.1 Å². The number of anilines is 8. The number of hydrogen-bond donors (Lipinski definition) is 0. The van der Waals surface area contributed by atoms with E-state index in [0.29, 0.717) is 0 Å². The quantitative estimate of drug-likeness (QED) is 0.150. The third-order valence-electron chi connectivity index (χ3n) is 23.2. The minimum absolute atomic E-state index is 0.0226. The highest BCUT2D eigenvalue weighted by atomic mass is 15.1. The van der Waals surface area contributed by atoms with Crippen molar-refractivity contribution in [2.75, 3.05) is 47.8 Å². The van der Waals surface area contributed by atoms with Crippen LogP contribution in [-0.2, 0) is 21.7 Å². The van der Waals surface area contributed by atoms with Crippen LogP contribution in [0.2, 0.25) is 0 Å². The Morgan fingerprint density at radius 2 is 0.410 bits per heavy atom. The van der Waals surface area contributed by atoms with Crippen LogP contribution in [0.15, 0.2) is 291 Å². The fraction of sp³-hybridized carbons (Fsp3) is 0.167. The van der Waals surface area contributed by atoms with Crippen molar-refractivity contribution in [2.45, 2.75) is 77.0 Å². The van der Waals surface area contributed by atoms with Gasteiger partial charge < -0.3 is 19.6 Å². The van der Waals surface area contributed by atoms with Gasteiger partial charge in [0.2, 0.25) is 0 Å². The highest BCUT2D eigenvalue weighted by Gasteiger charge is 2.41. The summed E-state index contributed by atoms with van der Waals surface area (Å²) in [4.78, 5) is 9.49. The summed E-state index contributed by atoms with van der Waals surface area (Å²) in [6.07, 6.45) is 0. The standard InChI is InChI=1S/4C24H21N/c1-24(2)20-12-16-8-4-6-10-18(16)14-22(20)25(3)23-15-19-11-7-5-9-17(19)13-21(23)24;1-24(2)20-14-12-17-9-5-7-11-19(17)23(20)25(3)21-15-13-16-8-4-6-10-18(16)22(21)24;1-24(2)20-14-12-16-8-4-6-10-18(16)22(20)25(3)23-19-11-7-5-9-17(19)13-15-21(23)24;1-24(2)20-14-17-9-4-5-10-18(17)15-22(20)25(3)21-13-12-16-8-6-7-11-19(16)23(21)24/h4*4-15H,1-3H3. The fourth-order valence-corrected chi connectivity index (χ4v) is 17.8. The monoisotopic (exact) mass is 1290 g/mol. The molecule has 0 aliphatic carbocycles. The van der Waals surface area contributed by atoms with E-state index < -0.39 is 0 Å². The summed E-state index contributed by atoms with van der Waals surface area (Å²) in [6, 6.07) is 106. The van der Waals surface area contributed by atoms with E-state index in [-0.39, 0.29) is 21.7 Å². The zero-order valence-corrected chi connectivity index (χ0v) is 59.5. The van der Waals surface area contributed by atoms with E-state index in [9.17, 15) is 0 Å². The van der Waals surface area contributed by atoms with E-state index in [1.165, 1.54) is 176 Å². The van der Waals surface area contributed by atoms with E-state index in [1.807, 2.05) is 0 Å². The first kappa shape index (κ1) is 62.3. The molecular weight excluding hydrogens is 1210 g/mol. The molecule has 16 aromatic carbocycles. The normalized spacial score (nSPS) is 15.2. The Hall–Kier alpha value is -11.2. The summed E-state index contributed by atoms with van der Waals surface area (Å²) >= 11 is 0. The third-order valence-corrected chi connectivity index (χ3v) is 23.2. The van der Waals surface area contributed by atoms with Gasteiger partial charge in [-0.2, -0.15) is 0 Å². The first-order chi connectivity index (χ1) is 48.3. The van der Waals surface area contributed by atoms with Crippen molar-refractivity contribution in [2.24, 2.45) is 0 Å². The zero-order chi connectivity index (χ0) is 68.7. The van der Waals surface area contributed by atoms with Gasteiger partial charge >= 0.3 is 0 Å². The van der Waals surface area contributed by atoms with E-state index in [4.69, 9.17) is 0 Å². The molecule has 0 N–H and O–H groups in total. The summed E-state index contributed by atoms with van der Waals surface area (Å²) in [5, 5.41) is 21.1. The second-order valence-electron chi connectivity index (χ2n) is 30.3. The van der Waals surface area contributed by atoms with Crippen molar-refractivity contribution in [3.63, 3.8) is 0 Å². The van der Waals surface area contributed by atoms with Gasteiger partial charge in [0.25, 0.3) is 0 Å². The summed E-state index contributed by atoms with van der Waals surface area (Å²) in [6.45, 7) is 18.8. The maximum absolute atomic E-state index is 2.40. The molecule has 0 amide bonds. The molecule has 0 saturated carbocycles. The molecule has 488 valence electrons. The summed E-state index contributed by atoms with van der Waals surface area (Å²) in [5.41, 5.74) is 21.7. The van der Waals surface area contributed by atoms with Crippen LogP contribution in [0.1, 0.15) is 99.9 Å². The Morgan fingerprint density at radius 3 is 0.770 bits per heavy atom. The summed E-state index contributed by atoms with van der Waals surface area (Å²) < 4.78 is 0. The van der Waals surface area contributed by atoms with Crippen molar-refractivity contribution in [3.8, 4) is 0 Å². The van der Waals surface area contributed by atoms with Crippen LogP contribution < -0.4 is 19.6 Å². The Kier molecular flexibility index (Phi) is 14.5. The number of nitrogens with zero attached hydrogens (tertiary/aromatic N) is 4. The van der Waals surface area contributed by atoms with E-state index in [1.54, 1.807) is 0 Å². The molecule has 4 heterocycles. The molecule has 0 radical (unpaired) electrons. The first-order valence-electron chi connectivity index (χ1n) is 35.5. The largest absolute Gasteiger partial charge is 0.344 e. The smallest absolute Gasteiger partial charge is 0.0529 e. The maximum atomic E-state index is 2.40. The molecule has 0 unspecified atom stereocenters. The fourth-order valence-electron chi connectivity index (χ4n) is 17.8. The van der Waals surface area contributed by atoms with E-state index >= 15 is 0 Å². The number of hydrogen-bond acceptors (Lipinski definition) is 4. The number of fused-ring (bicyclic) bond motifs is 21. The van der Waals surface area contributed by atoms with E-state index in [0.717, 1.165) is 0 Å². The van der Waals surface area contributed by atoms with E-state index in [2.05, 4.69) is 394 Å². The van der Waals surface area contributed by atoms with Crippen molar-refractivity contribution < 1.29 is 0 Å². The number of benzene rings is 16. The van der Waals surface area contributed by atoms with Crippen LogP contribution in [0, 0.1) is 0 Å². The van der Waals surface area contributed by atoms with Crippen LogP contribution in [0.25, 0.3) is 86.2 Å². The van der Waals surface area contributed by atoms with Gasteiger partial charge in [-0.3, -0.25) is 0 Å². The van der Waals surface area contributed by atoms with Crippen LogP contribution >= 0.6 is 0 Å². The minimum Gasteiger partial charge on any atom is -0.344 e. The highest BCUT2D eigenvalue weighted by molar-refractivity contribution is 6.08. The summed E-state index contributed by atoms with van der Waals surface area (Å²) in [5.74, 6) is 0. The van der Waals surface area contributed by atoms with Gasteiger partial charge in [-0.1, -0.05) is 298 Å². The molecular formula is C96H84N4. The number of rotatable bonds is 0. The predicted molar refractivity (Wildman–Crippen MR) is 432 cm³/mol. The predicted octanol–water partition coefficient (Wildman–Crippen LogP) is 25.6. The molecule has 0 aromatic heterocycles.